The summed E-state index contributed by atoms with van der Waals surface area (Å²) in [7, 11) is 0. The van der Waals surface area contributed by atoms with Crippen molar-refractivity contribution in [3.8, 4) is 0 Å². The summed E-state index contributed by atoms with van der Waals surface area (Å²) < 4.78 is 5.25. The molecular weight excluding hydrogens is 392 g/mol. The van der Waals surface area contributed by atoms with E-state index in [4.69, 9.17) is 16.3 Å². The van der Waals surface area contributed by atoms with Gasteiger partial charge in [0.05, 0.1) is 12.2 Å². The number of nitrogens with zero attached hydrogens (tertiary/aromatic N) is 1. The molecule has 158 valence electrons. The van der Waals surface area contributed by atoms with E-state index in [1.807, 2.05) is 26.8 Å². The molecule has 2 rings (SSSR count). The number of nitrogens with one attached hydrogen (secondary N) is 1. The van der Waals surface area contributed by atoms with E-state index in [9.17, 15) is 14.4 Å². The maximum atomic E-state index is 12.9. The Morgan fingerprint density at radius 1 is 1.28 bits per heavy atom. The molecule has 0 fully saturated rings. The van der Waals surface area contributed by atoms with Crippen molar-refractivity contribution in [2.24, 2.45) is 5.92 Å². The Labute approximate surface area is 177 Å². The largest absolute Gasteiger partial charge is 0.463 e. The lowest BCUT2D eigenvalue weighted by Crippen LogP contribution is -2.46. The monoisotopic (exact) mass is 420 g/mol. The molecule has 29 heavy (non-hydrogen) atoms. The highest BCUT2D eigenvalue weighted by atomic mass is 35.5. The molecule has 0 aromatic heterocycles. The van der Waals surface area contributed by atoms with Gasteiger partial charge in [-0.3, -0.25) is 9.59 Å². The predicted molar refractivity (Wildman–Crippen MR) is 112 cm³/mol. The highest BCUT2D eigenvalue weighted by Crippen LogP contribution is 2.39. The van der Waals surface area contributed by atoms with Gasteiger partial charge in [0.2, 0.25) is 11.8 Å². The van der Waals surface area contributed by atoms with Crippen molar-refractivity contribution in [1.29, 1.82) is 0 Å². The van der Waals surface area contributed by atoms with Gasteiger partial charge in [0, 0.05) is 29.1 Å². The van der Waals surface area contributed by atoms with Gasteiger partial charge in [0.25, 0.3) is 0 Å². The molecular formula is C22H29ClN2O4. The molecule has 2 amide bonds. The van der Waals surface area contributed by atoms with Gasteiger partial charge in [-0.2, -0.15) is 0 Å². The van der Waals surface area contributed by atoms with Crippen LogP contribution in [0.15, 0.2) is 35.5 Å². The lowest BCUT2D eigenvalue weighted by molar-refractivity contribution is -0.141. The summed E-state index contributed by atoms with van der Waals surface area (Å²) in [6.45, 7) is 9.41. The van der Waals surface area contributed by atoms with Crippen LogP contribution >= 0.6 is 11.6 Å². The number of benzene rings is 1. The molecule has 0 saturated carbocycles. The van der Waals surface area contributed by atoms with Gasteiger partial charge < -0.3 is 15.0 Å². The van der Waals surface area contributed by atoms with Crippen LogP contribution in [0.25, 0.3) is 0 Å². The standard InChI is InChI=1S/C22H29ClN2O4/c1-6-29-22(28)21-15(5)25(12-19(26)24-14(4)13(2)3)20(27)11-17(21)16-9-7-8-10-18(16)23/h7-10,13-14,17H,6,11-12H2,1-5H3,(H,24,26)/t14-,17-/m0/s1. The Bertz CT molecular complexity index is 819. The van der Waals surface area contributed by atoms with Crippen molar-refractivity contribution in [3.63, 3.8) is 0 Å². The molecule has 0 radical (unpaired) electrons. The SMILES string of the molecule is CCOC(=O)C1=C(C)N(CC(=O)N[C@@H](C)C(C)C)C(=O)C[C@H]1c1ccccc1Cl. The van der Waals surface area contributed by atoms with E-state index < -0.39 is 11.9 Å². The number of rotatable bonds is 7. The summed E-state index contributed by atoms with van der Waals surface area (Å²) in [5.74, 6) is -1.23. The number of hydrogen-bond acceptors (Lipinski definition) is 4. The normalized spacial score (nSPS) is 18.1. The number of amides is 2. The third-order valence-corrected chi connectivity index (χ3v) is 5.63. The van der Waals surface area contributed by atoms with Crippen LogP contribution in [-0.4, -0.2) is 41.9 Å². The Kier molecular flexibility index (Phi) is 7.85. The molecule has 1 aromatic rings. The second-order valence-electron chi connectivity index (χ2n) is 7.58. The molecule has 0 aliphatic carbocycles. The summed E-state index contributed by atoms with van der Waals surface area (Å²) in [5.41, 5.74) is 1.49. The van der Waals surface area contributed by atoms with Crippen LogP contribution in [0.5, 0.6) is 0 Å². The van der Waals surface area contributed by atoms with Gasteiger partial charge in [-0.25, -0.2) is 4.79 Å². The predicted octanol–water partition coefficient (Wildman–Crippen LogP) is 3.65. The second kappa shape index (κ2) is 9.92. The maximum Gasteiger partial charge on any atom is 0.336 e. The molecule has 1 heterocycles. The van der Waals surface area contributed by atoms with Crippen LogP contribution in [0, 0.1) is 5.92 Å². The minimum atomic E-state index is -0.510. The molecule has 6 nitrogen and oxygen atoms in total. The topological polar surface area (TPSA) is 75.7 Å². The van der Waals surface area contributed by atoms with Gasteiger partial charge in [-0.05, 0) is 38.3 Å². The first-order chi connectivity index (χ1) is 13.7. The first-order valence-electron chi connectivity index (χ1n) is 9.89. The van der Waals surface area contributed by atoms with Crippen LogP contribution in [0.2, 0.25) is 5.02 Å². The zero-order chi connectivity index (χ0) is 21.7. The molecule has 0 saturated heterocycles. The molecule has 1 aliphatic heterocycles. The van der Waals surface area contributed by atoms with Crippen molar-refractivity contribution < 1.29 is 19.1 Å². The van der Waals surface area contributed by atoms with Crippen LogP contribution in [0.4, 0.5) is 0 Å². The smallest absolute Gasteiger partial charge is 0.336 e. The van der Waals surface area contributed by atoms with E-state index >= 15 is 0 Å². The quantitative estimate of drug-likeness (QED) is 0.683. The van der Waals surface area contributed by atoms with Crippen LogP contribution in [0.3, 0.4) is 0 Å². The Morgan fingerprint density at radius 2 is 1.93 bits per heavy atom. The Hall–Kier alpha value is -2.34. The van der Waals surface area contributed by atoms with Crippen molar-refractivity contribution in [1.82, 2.24) is 10.2 Å². The summed E-state index contributed by atoms with van der Waals surface area (Å²) in [6, 6.07) is 7.12. The molecule has 2 atom stereocenters. The van der Waals surface area contributed by atoms with Crippen molar-refractivity contribution in [2.45, 2.75) is 53.0 Å². The summed E-state index contributed by atoms with van der Waals surface area (Å²) >= 11 is 6.34. The van der Waals surface area contributed by atoms with Gasteiger partial charge in [0.1, 0.15) is 6.54 Å². The minimum absolute atomic E-state index is 0.0212. The van der Waals surface area contributed by atoms with E-state index in [0.29, 0.717) is 21.9 Å². The number of ether oxygens (including phenoxy) is 1. The van der Waals surface area contributed by atoms with Crippen LogP contribution in [0.1, 0.15) is 52.5 Å². The Morgan fingerprint density at radius 3 is 2.52 bits per heavy atom. The van der Waals surface area contributed by atoms with E-state index in [1.54, 1.807) is 32.0 Å². The maximum absolute atomic E-state index is 12.9. The summed E-state index contributed by atoms with van der Waals surface area (Å²) in [4.78, 5) is 39.5. The van der Waals surface area contributed by atoms with Gasteiger partial charge in [-0.15, -0.1) is 0 Å². The fraction of sp³-hybridized carbons (Fsp3) is 0.500. The molecule has 1 N–H and O–H groups in total. The number of hydrogen-bond donors (Lipinski definition) is 1. The van der Waals surface area contributed by atoms with Crippen molar-refractivity contribution in [3.05, 3.63) is 46.1 Å². The zero-order valence-electron chi connectivity index (χ0n) is 17.6. The number of halogens is 1. The average molecular weight is 421 g/mol. The van der Waals surface area contributed by atoms with E-state index in [0.717, 1.165) is 0 Å². The first kappa shape index (κ1) is 22.9. The fourth-order valence-corrected chi connectivity index (χ4v) is 3.58. The molecule has 0 spiro atoms. The second-order valence-corrected chi connectivity index (χ2v) is 7.99. The highest BCUT2D eigenvalue weighted by Gasteiger charge is 2.38. The number of carbonyl (C=O) groups excluding carboxylic acids is 3. The van der Waals surface area contributed by atoms with E-state index in [2.05, 4.69) is 5.32 Å². The summed E-state index contributed by atoms with van der Waals surface area (Å²) in [5, 5.41) is 3.38. The van der Waals surface area contributed by atoms with Crippen molar-refractivity contribution >= 4 is 29.4 Å². The van der Waals surface area contributed by atoms with Crippen LogP contribution in [-0.2, 0) is 19.1 Å². The van der Waals surface area contributed by atoms with E-state index in [-0.39, 0.29) is 43.3 Å². The number of allylic oxidation sites excluding steroid dienone is 1. The molecule has 0 unspecified atom stereocenters. The lowest BCUT2D eigenvalue weighted by atomic mass is 9.83. The van der Waals surface area contributed by atoms with Gasteiger partial charge >= 0.3 is 5.97 Å². The first-order valence-corrected chi connectivity index (χ1v) is 10.3. The summed E-state index contributed by atoms with van der Waals surface area (Å²) in [6.07, 6.45) is 0.0439. The van der Waals surface area contributed by atoms with Gasteiger partial charge in [0.15, 0.2) is 0 Å². The molecule has 1 aromatic carbocycles. The lowest BCUT2D eigenvalue weighted by Gasteiger charge is -2.34. The molecule has 7 heteroatoms. The van der Waals surface area contributed by atoms with E-state index in [1.165, 1.54) is 4.90 Å². The average Bonchev–Trinajstić information content (AvgIpc) is 2.65. The Balaban J connectivity index is 2.40. The number of esters is 1. The molecule has 1 aliphatic rings. The minimum Gasteiger partial charge on any atom is -0.463 e. The number of carbonyl (C=O) groups is 3. The van der Waals surface area contributed by atoms with Crippen molar-refractivity contribution in [2.75, 3.05) is 13.2 Å². The zero-order valence-corrected chi connectivity index (χ0v) is 18.4. The van der Waals surface area contributed by atoms with Gasteiger partial charge in [-0.1, -0.05) is 43.6 Å². The highest BCUT2D eigenvalue weighted by molar-refractivity contribution is 6.31. The van der Waals surface area contributed by atoms with Crippen LogP contribution < -0.4 is 5.32 Å². The fourth-order valence-electron chi connectivity index (χ4n) is 3.31. The molecule has 0 bridgehead atoms. The third-order valence-electron chi connectivity index (χ3n) is 5.29. The third kappa shape index (κ3) is 5.38.